The first-order valence-corrected chi connectivity index (χ1v) is 9.79. The second-order valence-corrected chi connectivity index (χ2v) is 9.05. The van der Waals surface area contributed by atoms with Crippen LogP contribution in [0, 0.1) is 6.92 Å². The van der Waals surface area contributed by atoms with Crippen LogP contribution in [0.2, 0.25) is 0 Å². The highest BCUT2D eigenvalue weighted by molar-refractivity contribution is 8.09. The van der Waals surface area contributed by atoms with Gasteiger partial charge in [0, 0.05) is 24.8 Å². The molecule has 1 aromatic rings. The summed E-state index contributed by atoms with van der Waals surface area (Å²) in [6, 6.07) is 0. The lowest BCUT2D eigenvalue weighted by Crippen LogP contribution is -2.33. The molecule has 21 heavy (non-hydrogen) atoms. The maximum absolute atomic E-state index is 11.9. The van der Waals surface area contributed by atoms with Gasteiger partial charge in [0.1, 0.15) is 6.23 Å². The minimum Gasteiger partial charge on any atom is -0.352 e. The highest BCUT2D eigenvalue weighted by Crippen LogP contribution is 2.44. The third-order valence-electron chi connectivity index (χ3n) is 3.37. The average molecular weight is 334 g/mol. The molecule has 2 N–H and O–H groups in total. The van der Waals surface area contributed by atoms with Crippen LogP contribution in [0.5, 0.6) is 0 Å². The van der Waals surface area contributed by atoms with Gasteiger partial charge >= 0.3 is 5.69 Å². The average Bonchev–Trinajstić information content (AvgIpc) is 2.74. The summed E-state index contributed by atoms with van der Waals surface area (Å²) in [5.41, 5.74) is -0.502. The fourth-order valence-electron chi connectivity index (χ4n) is 2.40. The zero-order chi connectivity index (χ0) is 15.8. The number of hydrogen-bond donors (Lipinski definition) is 2. The lowest BCUT2D eigenvalue weighted by molar-refractivity contribution is -0.0179. The number of rotatable bonds is 4. The predicted molar refractivity (Wildman–Crippen MR) is 82.2 cm³/mol. The lowest BCUT2D eigenvalue weighted by Gasteiger charge is -2.20. The van der Waals surface area contributed by atoms with Crippen LogP contribution < -0.4 is 11.2 Å². The zero-order valence-electron chi connectivity index (χ0n) is 12.1. The maximum atomic E-state index is 11.9. The van der Waals surface area contributed by atoms with Gasteiger partial charge in [-0.3, -0.25) is 14.3 Å². The molecule has 2 rings (SSSR count). The first kappa shape index (κ1) is 16.6. The minimum absolute atomic E-state index is 0.247. The molecule has 7 nitrogen and oxygen atoms in total. The van der Waals surface area contributed by atoms with Crippen LogP contribution in [0.3, 0.4) is 0 Å². The van der Waals surface area contributed by atoms with Gasteiger partial charge in [-0.15, -0.1) is 0 Å². The predicted octanol–water partition coefficient (Wildman–Crippen LogP) is 0.859. The highest BCUT2D eigenvalue weighted by atomic mass is 32.5. The van der Waals surface area contributed by atoms with Gasteiger partial charge in [0.2, 0.25) is 0 Å². The summed E-state index contributed by atoms with van der Waals surface area (Å²) < 4.78 is 12.7. The Morgan fingerprint density at radius 3 is 2.86 bits per heavy atom. The number of ether oxygens (including phenoxy) is 1. The van der Waals surface area contributed by atoms with Crippen molar-refractivity contribution in [2.45, 2.75) is 45.1 Å². The molecule has 0 radical (unpaired) electrons. The van der Waals surface area contributed by atoms with Crippen LogP contribution in [0.15, 0.2) is 15.8 Å². The van der Waals surface area contributed by atoms with Crippen molar-refractivity contribution >= 4 is 18.3 Å². The van der Waals surface area contributed by atoms with Gasteiger partial charge in [-0.2, -0.15) is 0 Å². The molecule has 0 bridgehead atoms. The van der Waals surface area contributed by atoms with Crippen LogP contribution in [-0.4, -0.2) is 33.3 Å². The van der Waals surface area contributed by atoms with Crippen LogP contribution >= 0.6 is 6.49 Å². The van der Waals surface area contributed by atoms with Gasteiger partial charge in [-0.1, -0.05) is 6.92 Å². The van der Waals surface area contributed by atoms with E-state index in [9.17, 15) is 14.5 Å². The molecule has 0 aliphatic carbocycles. The molecule has 1 fully saturated rings. The molecule has 9 heteroatoms. The first-order chi connectivity index (χ1) is 9.71. The standard InChI is InChI=1S/C12H19N2O5PS/c1-4-8-9(19-20(3,17)21)5-10(18-8)14-6-7(2)11(15)13-12(14)16/h6,8-10H,4-5H2,1-3H3,(H,17,21)(H,13,15,16)/t8-,9+,10-,20+/m1/s1. The van der Waals surface area contributed by atoms with Crippen molar-refractivity contribution in [1.29, 1.82) is 0 Å². The van der Waals surface area contributed by atoms with Crippen LogP contribution in [-0.2, 0) is 21.1 Å². The Balaban J connectivity index is 2.27. The number of hydrogen-bond acceptors (Lipinski definition) is 5. The quantitative estimate of drug-likeness (QED) is 0.793. The van der Waals surface area contributed by atoms with E-state index in [0.717, 1.165) is 0 Å². The molecule has 118 valence electrons. The monoisotopic (exact) mass is 334 g/mol. The Morgan fingerprint density at radius 2 is 2.29 bits per heavy atom. The van der Waals surface area contributed by atoms with Crippen molar-refractivity contribution < 1.29 is 14.2 Å². The van der Waals surface area contributed by atoms with Crippen LogP contribution in [0.4, 0.5) is 0 Å². The van der Waals surface area contributed by atoms with E-state index in [4.69, 9.17) is 21.1 Å². The molecule has 1 saturated heterocycles. The zero-order valence-corrected chi connectivity index (χ0v) is 13.8. The molecular weight excluding hydrogens is 315 g/mol. The Bertz CT molecular complexity index is 679. The van der Waals surface area contributed by atoms with E-state index in [1.807, 2.05) is 6.92 Å². The number of aryl methyl sites for hydroxylation is 1. The number of H-pyrrole nitrogens is 1. The summed E-state index contributed by atoms with van der Waals surface area (Å²) >= 11 is 4.91. The molecule has 4 atom stereocenters. The number of aromatic amines is 1. The molecule has 0 amide bonds. The van der Waals surface area contributed by atoms with Crippen molar-refractivity contribution in [3.05, 3.63) is 32.6 Å². The van der Waals surface area contributed by atoms with E-state index in [0.29, 0.717) is 18.4 Å². The van der Waals surface area contributed by atoms with Gasteiger partial charge in [0.15, 0.2) is 6.49 Å². The highest BCUT2D eigenvalue weighted by Gasteiger charge is 2.38. The van der Waals surface area contributed by atoms with E-state index in [-0.39, 0.29) is 12.2 Å². The smallest absolute Gasteiger partial charge is 0.330 e. The van der Waals surface area contributed by atoms with Crippen LogP contribution in [0.25, 0.3) is 0 Å². The minimum atomic E-state index is -2.80. The van der Waals surface area contributed by atoms with E-state index in [1.54, 1.807) is 6.92 Å². The Morgan fingerprint density at radius 1 is 1.62 bits per heavy atom. The van der Waals surface area contributed by atoms with Crippen molar-refractivity contribution in [3.8, 4) is 0 Å². The Labute approximate surface area is 127 Å². The second-order valence-electron chi connectivity index (χ2n) is 5.20. The van der Waals surface area contributed by atoms with Crippen molar-refractivity contribution in [3.63, 3.8) is 0 Å². The fourth-order valence-corrected chi connectivity index (χ4v) is 3.45. The van der Waals surface area contributed by atoms with E-state index in [1.165, 1.54) is 17.4 Å². The van der Waals surface area contributed by atoms with E-state index < -0.39 is 24.0 Å². The largest absolute Gasteiger partial charge is 0.352 e. The van der Waals surface area contributed by atoms with Crippen molar-refractivity contribution in [2.75, 3.05) is 6.66 Å². The molecule has 0 unspecified atom stereocenters. The SMILES string of the molecule is CC[C@H]1O[C@@H](n2cc(C)c(=O)[nH]c2=O)C[C@@H]1O[P@](C)(O)=S. The topological polar surface area (TPSA) is 93.6 Å². The molecule has 1 aliphatic heterocycles. The van der Waals surface area contributed by atoms with Gasteiger partial charge in [0.05, 0.1) is 12.2 Å². The molecule has 2 heterocycles. The fraction of sp³-hybridized carbons (Fsp3) is 0.667. The van der Waals surface area contributed by atoms with Crippen LogP contribution in [0.1, 0.15) is 31.6 Å². The molecule has 1 aliphatic rings. The summed E-state index contributed by atoms with van der Waals surface area (Å²) in [5.74, 6) is 0. The summed E-state index contributed by atoms with van der Waals surface area (Å²) in [5, 5.41) is 0. The molecular formula is C12H19N2O5PS. The van der Waals surface area contributed by atoms with E-state index >= 15 is 0 Å². The Kier molecular flexibility index (Phi) is 4.85. The molecule has 1 aromatic heterocycles. The van der Waals surface area contributed by atoms with Gasteiger partial charge in [0.25, 0.3) is 5.56 Å². The molecule has 0 saturated carbocycles. The molecule has 0 spiro atoms. The summed E-state index contributed by atoms with van der Waals surface area (Å²) in [6.07, 6.45) is 1.40. The number of nitrogens with zero attached hydrogens (tertiary/aromatic N) is 1. The summed E-state index contributed by atoms with van der Waals surface area (Å²) in [7, 11) is 0. The third kappa shape index (κ3) is 3.90. The third-order valence-corrected chi connectivity index (χ3v) is 4.29. The van der Waals surface area contributed by atoms with E-state index in [2.05, 4.69) is 4.98 Å². The first-order valence-electron chi connectivity index (χ1n) is 6.67. The molecule has 0 aromatic carbocycles. The number of aromatic nitrogens is 2. The van der Waals surface area contributed by atoms with Gasteiger partial charge in [-0.25, -0.2) is 4.79 Å². The number of nitrogens with one attached hydrogen (secondary N) is 1. The second kappa shape index (κ2) is 6.14. The normalized spacial score (nSPS) is 28.5. The van der Waals surface area contributed by atoms with Gasteiger partial charge < -0.3 is 14.2 Å². The lowest BCUT2D eigenvalue weighted by atomic mass is 10.1. The van der Waals surface area contributed by atoms with Crippen molar-refractivity contribution in [1.82, 2.24) is 9.55 Å². The summed E-state index contributed by atoms with van der Waals surface area (Å²) in [6.45, 7) is 2.23. The maximum Gasteiger partial charge on any atom is 0.330 e. The summed E-state index contributed by atoms with van der Waals surface area (Å²) in [4.78, 5) is 35.3. The van der Waals surface area contributed by atoms with Crippen molar-refractivity contribution in [2.24, 2.45) is 0 Å². The van der Waals surface area contributed by atoms with Gasteiger partial charge in [-0.05, 0) is 25.2 Å². The Hall–Kier alpha value is -0.790.